The molecule has 1 aromatic rings. The molecule has 2 heterocycles. The van der Waals surface area contributed by atoms with E-state index >= 15 is 0 Å². The van der Waals surface area contributed by atoms with E-state index in [9.17, 15) is 4.79 Å². The van der Waals surface area contributed by atoms with Crippen LogP contribution >= 0.6 is 12.4 Å². The van der Waals surface area contributed by atoms with Crippen molar-refractivity contribution in [3.05, 3.63) is 17.0 Å². The molecule has 1 amide bonds. The van der Waals surface area contributed by atoms with Crippen LogP contribution in [0.3, 0.4) is 0 Å². The Balaban J connectivity index is 0.00000200. The highest BCUT2D eigenvalue weighted by atomic mass is 35.5. The van der Waals surface area contributed by atoms with Crippen LogP contribution in [-0.4, -0.2) is 35.3 Å². The molecule has 2 N–H and O–H groups in total. The molecule has 1 atom stereocenters. The topological polar surface area (TPSA) is 59.0 Å². The number of amides is 1. The van der Waals surface area contributed by atoms with Crippen molar-refractivity contribution in [2.75, 3.05) is 19.6 Å². The Morgan fingerprint density at radius 2 is 2.25 bits per heavy atom. The minimum Gasteiger partial charge on any atom is -0.355 e. The molecule has 1 aliphatic heterocycles. The molecule has 1 unspecified atom stereocenters. The third-order valence-corrected chi connectivity index (χ3v) is 4.00. The first-order valence-electron chi connectivity index (χ1n) is 7.07. The number of halogens is 1. The molecule has 1 aromatic heterocycles. The summed E-state index contributed by atoms with van der Waals surface area (Å²) >= 11 is 0. The lowest BCUT2D eigenvalue weighted by molar-refractivity contribution is -0.125. The Labute approximate surface area is 126 Å². The van der Waals surface area contributed by atoms with Gasteiger partial charge in [0.15, 0.2) is 0 Å². The fraction of sp³-hybridized carbons (Fsp3) is 0.714. The van der Waals surface area contributed by atoms with E-state index in [1.54, 1.807) is 0 Å². The number of hydrogen-bond donors (Lipinski definition) is 2. The molecule has 20 heavy (non-hydrogen) atoms. The van der Waals surface area contributed by atoms with Crippen LogP contribution in [0.15, 0.2) is 0 Å². The Hall–Kier alpha value is -1.07. The molecule has 0 aliphatic carbocycles. The minimum atomic E-state index is 0. The van der Waals surface area contributed by atoms with Crippen LogP contribution in [0.5, 0.6) is 0 Å². The van der Waals surface area contributed by atoms with Crippen molar-refractivity contribution in [3.8, 4) is 0 Å². The maximum absolute atomic E-state index is 12.0. The number of piperidine rings is 1. The highest BCUT2D eigenvalue weighted by Crippen LogP contribution is 2.13. The lowest BCUT2D eigenvalue weighted by atomic mass is 9.99. The van der Waals surface area contributed by atoms with Gasteiger partial charge in [-0.25, -0.2) is 0 Å². The molecule has 2 rings (SSSR count). The molecule has 0 radical (unpaired) electrons. The van der Waals surface area contributed by atoms with E-state index in [4.69, 9.17) is 0 Å². The number of rotatable bonds is 4. The number of aryl methyl sites for hydroxylation is 2. The van der Waals surface area contributed by atoms with Gasteiger partial charge in [0.25, 0.3) is 0 Å². The highest BCUT2D eigenvalue weighted by molar-refractivity contribution is 5.85. The average molecular weight is 301 g/mol. The molecule has 1 aliphatic rings. The predicted molar refractivity (Wildman–Crippen MR) is 82.2 cm³/mol. The standard InChI is InChI=1S/C14H24N4O.ClH/c1-10-13(11(2)18(3)17-10)6-8-16-14(19)12-5-4-7-15-9-12;/h12,15H,4-9H2,1-3H3,(H,16,19);1H. The van der Waals surface area contributed by atoms with Gasteiger partial charge in [0, 0.05) is 25.8 Å². The van der Waals surface area contributed by atoms with Gasteiger partial charge in [0.1, 0.15) is 0 Å². The van der Waals surface area contributed by atoms with E-state index in [1.807, 2.05) is 18.7 Å². The number of carbonyl (C=O) groups excluding carboxylic acids is 1. The molecule has 0 bridgehead atoms. The van der Waals surface area contributed by atoms with E-state index in [0.29, 0.717) is 6.54 Å². The second-order valence-electron chi connectivity index (χ2n) is 5.36. The number of nitrogens with zero attached hydrogens (tertiary/aromatic N) is 2. The van der Waals surface area contributed by atoms with Gasteiger partial charge >= 0.3 is 0 Å². The molecular formula is C14H25ClN4O. The van der Waals surface area contributed by atoms with E-state index < -0.39 is 0 Å². The Bertz CT molecular complexity index is 452. The first-order chi connectivity index (χ1) is 9.09. The van der Waals surface area contributed by atoms with Crippen molar-refractivity contribution < 1.29 is 4.79 Å². The number of carbonyl (C=O) groups is 1. The molecular weight excluding hydrogens is 276 g/mol. The van der Waals surface area contributed by atoms with E-state index in [0.717, 1.165) is 38.0 Å². The summed E-state index contributed by atoms with van der Waals surface area (Å²) < 4.78 is 1.90. The summed E-state index contributed by atoms with van der Waals surface area (Å²) in [6, 6.07) is 0. The summed E-state index contributed by atoms with van der Waals surface area (Å²) in [6.45, 7) is 6.65. The first-order valence-corrected chi connectivity index (χ1v) is 7.07. The largest absolute Gasteiger partial charge is 0.355 e. The van der Waals surface area contributed by atoms with Crippen LogP contribution in [0.4, 0.5) is 0 Å². The fourth-order valence-electron chi connectivity index (χ4n) is 2.71. The number of hydrogen-bond acceptors (Lipinski definition) is 3. The number of nitrogens with one attached hydrogen (secondary N) is 2. The van der Waals surface area contributed by atoms with Crippen LogP contribution in [0, 0.1) is 19.8 Å². The summed E-state index contributed by atoms with van der Waals surface area (Å²) in [4.78, 5) is 12.0. The van der Waals surface area contributed by atoms with Crippen molar-refractivity contribution >= 4 is 18.3 Å². The van der Waals surface area contributed by atoms with Crippen molar-refractivity contribution in [1.82, 2.24) is 20.4 Å². The van der Waals surface area contributed by atoms with E-state index in [-0.39, 0.29) is 24.2 Å². The quantitative estimate of drug-likeness (QED) is 0.876. The second-order valence-corrected chi connectivity index (χ2v) is 5.36. The van der Waals surface area contributed by atoms with Crippen molar-refractivity contribution in [2.45, 2.75) is 33.1 Å². The van der Waals surface area contributed by atoms with Crippen molar-refractivity contribution in [3.63, 3.8) is 0 Å². The Morgan fingerprint density at radius 3 is 2.80 bits per heavy atom. The number of aromatic nitrogens is 2. The van der Waals surface area contributed by atoms with Gasteiger partial charge in [-0.15, -0.1) is 12.4 Å². The summed E-state index contributed by atoms with van der Waals surface area (Å²) in [5, 5.41) is 10.7. The summed E-state index contributed by atoms with van der Waals surface area (Å²) in [6.07, 6.45) is 2.96. The second kappa shape index (κ2) is 7.64. The smallest absolute Gasteiger partial charge is 0.224 e. The third-order valence-electron chi connectivity index (χ3n) is 4.00. The summed E-state index contributed by atoms with van der Waals surface area (Å²) in [7, 11) is 1.96. The maximum Gasteiger partial charge on any atom is 0.224 e. The van der Waals surface area contributed by atoms with Gasteiger partial charge in [0.2, 0.25) is 5.91 Å². The van der Waals surface area contributed by atoms with Crippen molar-refractivity contribution in [1.29, 1.82) is 0 Å². The van der Waals surface area contributed by atoms with Gasteiger partial charge < -0.3 is 10.6 Å². The molecule has 0 saturated carbocycles. The van der Waals surface area contributed by atoms with Crippen LogP contribution in [0.2, 0.25) is 0 Å². The monoisotopic (exact) mass is 300 g/mol. The van der Waals surface area contributed by atoms with Gasteiger partial charge in [-0.1, -0.05) is 0 Å². The maximum atomic E-state index is 12.0. The average Bonchev–Trinajstić information content (AvgIpc) is 2.66. The van der Waals surface area contributed by atoms with Crippen LogP contribution in [-0.2, 0) is 18.3 Å². The first kappa shape index (κ1) is 17.0. The molecule has 114 valence electrons. The molecule has 1 saturated heterocycles. The van der Waals surface area contributed by atoms with E-state index in [1.165, 1.54) is 11.3 Å². The normalized spacial score (nSPS) is 18.4. The van der Waals surface area contributed by atoms with Crippen LogP contribution in [0.25, 0.3) is 0 Å². The fourth-order valence-corrected chi connectivity index (χ4v) is 2.71. The van der Waals surface area contributed by atoms with Gasteiger partial charge in [-0.3, -0.25) is 9.48 Å². The zero-order valence-corrected chi connectivity index (χ0v) is 13.3. The lowest BCUT2D eigenvalue weighted by Gasteiger charge is -2.21. The summed E-state index contributed by atoms with van der Waals surface area (Å²) in [5.41, 5.74) is 3.50. The predicted octanol–water partition coefficient (Wildman–Crippen LogP) is 1.12. The van der Waals surface area contributed by atoms with Crippen LogP contribution in [0.1, 0.15) is 29.8 Å². The minimum absolute atomic E-state index is 0. The van der Waals surface area contributed by atoms with Gasteiger partial charge in [0.05, 0.1) is 11.6 Å². The molecule has 6 heteroatoms. The molecule has 1 fully saturated rings. The molecule has 5 nitrogen and oxygen atoms in total. The molecule has 0 aromatic carbocycles. The third kappa shape index (κ3) is 3.96. The van der Waals surface area contributed by atoms with Gasteiger partial charge in [-0.05, 0) is 45.2 Å². The summed E-state index contributed by atoms with van der Waals surface area (Å²) in [5.74, 6) is 0.330. The highest BCUT2D eigenvalue weighted by Gasteiger charge is 2.20. The van der Waals surface area contributed by atoms with Crippen molar-refractivity contribution in [2.24, 2.45) is 13.0 Å². The van der Waals surface area contributed by atoms with Gasteiger partial charge in [-0.2, -0.15) is 5.10 Å². The Morgan fingerprint density at radius 1 is 1.50 bits per heavy atom. The lowest BCUT2D eigenvalue weighted by Crippen LogP contribution is -2.41. The van der Waals surface area contributed by atoms with E-state index in [2.05, 4.69) is 22.7 Å². The zero-order valence-electron chi connectivity index (χ0n) is 12.5. The molecule has 0 spiro atoms. The van der Waals surface area contributed by atoms with Crippen LogP contribution < -0.4 is 10.6 Å². The zero-order chi connectivity index (χ0) is 13.8. The SMILES string of the molecule is Cc1nn(C)c(C)c1CCNC(=O)C1CCCNC1.Cl. The Kier molecular flexibility index (Phi) is 6.49.